The first-order chi connectivity index (χ1) is 12.7. The SMILES string of the molecule is CCCOc1ccc(CNC(=NC)NCc2ncc(CC)s2)cc1OC.I. The summed E-state index contributed by atoms with van der Waals surface area (Å²) in [6.07, 6.45) is 3.92. The summed E-state index contributed by atoms with van der Waals surface area (Å²) in [5, 5.41) is 7.66. The van der Waals surface area contributed by atoms with Crippen LogP contribution in [0.15, 0.2) is 29.4 Å². The molecule has 2 N–H and O–H groups in total. The van der Waals surface area contributed by atoms with Crippen LogP contribution in [0.3, 0.4) is 0 Å². The Labute approximate surface area is 182 Å². The number of ether oxygens (including phenoxy) is 2. The zero-order valence-corrected chi connectivity index (χ0v) is 19.5. The minimum atomic E-state index is 0. The van der Waals surface area contributed by atoms with Crippen molar-refractivity contribution in [1.82, 2.24) is 15.6 Å². The van der Waals surface area contributed by atoms with Crippen LogP contribution in [0, 0.1) is 0 Å². The van der Waals surface area contributed by atoms with E-state index >= 15 is 0 Å². The molecule has 2 rings (SSSR count). The van der Waals surface area contributed by atoms with Crippen LogP contribution in [-0.2, 0) is 19.5 Å². The molecule has 0 aliphatic rings. The summed E-state index contributed by atoms with van der Waals surface area (Å²) >= 11 is 1.73. The van der Waals surface area contributed by atoms with Crippen molar-refractivity contribution in [2.45, 2.75) is 39.8 Å². The topological polar surface area (TPSA) is 67.8 Å². The maximum absolute atomic E-state index is 5.69. The molecule has 0 fully saturated rings. The predicted molar refractivity (Wildman–Crippen MR) is 123 cm³/mol. The Hall–Kier alpha value is -1.55. The first kappa shape index (κ1) is 23.5. The fraction of sp³-hybridized carbons (Fsp3) is 0.474. The molecule has 0 radical (unpaired) electrons. The number of halogens is 1. The fourth-order valence-corrected chi connectivity index (χ4v) is 3.11. The minimum absolute atomic E-state index is 0. The summed E-state index contributed by atoms with van der Waals surface area (Å²) < 4.78 is 11.1. The van der Waals surface area contributed by atoms with Gasteiger partial charge in [-0.2, -0.15) is 0 Å². The Morgan fingerprint density at radius 1 is 1.19 bits per heavy atom. The van der Waals surface area contributed by atoms with Gasteiger partial charge < -0.3 is 20.1 Å². The Bertz CT molecular complexity index is 721. The maximum atomic E-state index is 5.69. The van der Waals surface area contributed by atoms with Gasteiger partial charge in [-0.1, -0.05) is 19.9 Å². The number of thiazole rings is 1. The van der Waals surface area contributed by atoms with Gasteiger partial charge in [0.2, 0.25) is 0 Å². The summed E-state index contributed by atoms with van der Waals surface area (Å²) in [5.41, 5.74) is 1.09. The number of aryl methyl sites for hydroxylation is 1. The Morgan fingerprint density at radius 2 is 1.96 bits per heavy atom. The molecule has 150 valence electrons. The molecule has 0 bridgehead atoms. The second kappa shape index (κ2) is 12.8. The number of nitrogens with zero attached hydrogens (tertiary/aromatic N) is 2. The summed E-state index contributed by atoms with van der Waals surface area (Å²) in [6, 6.07) is 5.96. The van der Waals surface area contributed by atoms with Gasteiger partial charge in [0.05, 0.1) is 20.3 Å². The van der Waals surface area contributed by atoms with E-state index in [0.717, 1.165) is 40.9 Å². The van der Waals surface area contributed by atoms with Crippen molar-refractivity contribution in [3.05, 3.63) is 39.8 Å². The zero-order valence-electron chi connectivity index (χ0n) is 16.4. The standard InChI is InChI=1S/C19H28N4O2S.HI/c1-5-9-25-16-8-7-14(10-17(16)24-4)11-22-19(20-3)23-13-18-21-12-15(6-2)26-18;/h7-8,10,12H,5-6,9,11,13H2,1-4H3,(H2,20,22,23);1H. The molecule has 27 heavy (non-hydrogen) atoms. The first-order valence-electron chi connectivity index (χ1n) is 8.87. The molecular weight excluding hydrogens is 475 g/mol. The molecule has 8 heteroatoms. The van der Waals surface area contributed by atoms with Crippen molar-refractivity contribution in [2.24, 2.45) is 4.99 Å². The van der Waals surface area contributed by atoms with Crippen LogP contribution in [-0.4, -0.2) is 31.7 Å². The maximum Gasteiger partial charge on any atom is 0.191 e. The lowest BCUT2D eigenvalue weighted by Crippen LogP contribution is -2.36. The molecule has 0 saturated heterocycles. The van der Waals surface area contributed by atoms with E-state index in [0.29, 0.717) is 19.7 Å². The van der Waals surface area contributed by atoms with Crippen LogP contribution >= 0.6 is 35.3 Å². The van der Waals surface area contributed by atoms with Gasteiger partial charge in [-0.3, -0.25) is 4.99 Å². The van der Waals surface area contributed by atoms with Gasteiger partial charge in [0.25, 0.3) is 0 Å². The van der Waals surface area contributed by atoms with Crippen molar-refractivity contribution in [3.8, 4) is 11.5 Å². The van der Waals surface area contributed by atoms with Gasteiger partial charge in [0, 0.05) is 24.7 Å². The molecule has 0 amide bonds. The van der Waals surface area contributed by atoms with Crippen molar-refractivity contribution in [3.63, 3.8) is 0 Å². The molecule has 1 heterocycles. The van der Waals surface area contributed by atoms with E-state index < -0.39 is 0 Å². The van der Waals surface area contributed by atoms with Crippen LogP contribution < -0.4 is 20.1 Å². The number of aromatic nitrogens is 1. The third-order valence-electron chi connectivity index (χ3n) is 3.73. The van der Waals surface area contributed by atoms with E-state index in [1.54, 1.807) is 25.5 Å². The monoisotopic (exact) mass is 504 g/mol. The molecule has 0 aliphatic heterocycles. The van der Waals surface area contributed by atoms with E-state index in [2.05, 4.69) is 34.5 Å². The average molecular weight is 504 g/mol. The summed E-state index contributed by atoms with van der Waals surface area (Å²) in [4.78, 5) is 9.97. The smallest absolute Gasteiger partial charge is 0.191 e. The van der Waals surface area contributed by atoms with E-state index in [4.69, 9.17) is 9.47 Å². The molecule has 2 aromatic rings. The van der Waals surface area contributed by atoms with Crippen LogP contribution in [0.2, 0.25) is 0 Å². The van der Waals surface area contributed by atoms with Gasteiger partial charge in [-0.15, -0.1) is 35.3 Å². The number of nitrogens with one attached hydrogen (secondary N) is 2. The lowest BCUT2D eigenvalue weighted by Gasteiger charge is -2.14. The number of hydrogen-bond acceptors (Lipinski definition) is 5. The Kier molecular flexibility index (Phi) is 11.1. The summed E-state index contributed by atoms with van der Waals surface area (Å²) in [7, 11) is 3.42. The zero-order chi connectivity index (χ0) is 18.8. The van der Waals surface area contributed by atoms with E-state index in [-0.39, 0.29) is 24.0 Å². The van der Waals surface area contributed by atoms with Crippen LogP contribution in [0.25, 0.3) is 0 Å². The number of guanidine groups is 1. The quantitative estimate of drug-likeness (QED) is 0.307. The fourth-order valence-electron chi connectivity index (χ4n) is 2.31. The average Bonchev–Trinajstić information content (AvgIpc) is 3.14. The highest BCUT2D eigenvalue weighted by Crippen LogP contribution is 2.28. The summed E-state index contributed by atoms with van der Waals surface area (Å²) in [5.74, 6) is 2.26. The van der Waals surface area contributed by atoms with Gasteiger partial charge in [0.1, 0.15) is 5.01 Å². The van der Waals surface area contributed by atoms with Crippen molar-refractivity contribution >= 4 is 41.3 Å². The molecule has 0 aliphatic carbocycles. The van der Waals surface area contributed by atoms with Crippen molar-refractivity contribution in [2.75, 3.05) is 20.8 Å². The number of hydrogen-bond donors (Lipinski definition) is 2. The number of benzene rings is 1. The number of methoxy groups -OCH3 is 1. The highest BCUT2D eigenvalue weighted by Gasteiger charge is 2.07. The van der Waals surface area contributed by atoms with E-state index in [1.165, 1.54) is 4.88 Å². The number of rotatable bonds is 9. The van der Waals surface area contributed by atoms with Crippen LogP contribution in [0.4, 0.5) is 0 Å². The van der Waals surface area contributed by atoms with E-state index in [1.807, 2.05) is 24.4 Å². The molecule has 0 saturated carbocycles. The van der Waals surface area contributed by atoms with Crippen LogP contribution in [0.1, 0.15) is 35.7 Å². The highest BCUT2D eigenvalue weighted by molar-refractivity contribution is 14.0. The van der Waals surface area contributed by atoms with Crippen molar-refractivity contribution < 1.29 is 9.47 Å². The second-order valence-electron chi connectivity index (χ2n) is 5.69. The number of aliphatic imine (C=N–C) groups is 1. The molecule has 0 atom stereocenters. The van der Waals surface area contributed by atoms with Gasteiger partial charge in [-0.05, 0) is 30.5 Å². The molecule has 6 nitrogen and oxygen atoms in total. The Balaban J connectivity index is 0.00000364. The predicted octanol–water partition coefficient (Wildman–Crippen LogP) is 3.99. The van der Waals surface area contributed by atoms with Gasteiger partial charge >= 0.3 is 0 Å². The highest BCUT2D eigenvalue weighted by atomic mass is 127. The van der Waals surface area contributed by atoms with Gasteiger partial charge in [0.15, 0.2) is 17.5 Å². The molecular formula is C19H29IN4O2S. The largest absolute Gasteiger partial charge is 0.493 e. The van der Waals surface area contributed by atoms with Crippen molar-refractivity contribution in [1.29, 1.82) is 0 Å². The second-order valence-corrected chi connectivity index (χ2v) is 6.89. The molecule has 1 aromatic heterocycles. The van der Waals surface area contributed by atoms with Crippen LogP contribution in [0.5, 0.6) is 11.5 Å². The van der Waals surface area contributed by atoms with E-state index in [9.17, 15) is 0 Å². The molecule has 1 aromatic carbocycles. The van der Waals surface area contributed by atoms with Gasteiger partial charge in [-0.25, -0.2) is 4.98 Å². The Morgan fingerprint density at radius 3 is 2.59 bits per heavy atom. The third-order valence-corrected chi connectivity index (χ3v) is 4.87. The molecule has 0 unspecified atom stereocenters. The third kappa shape index (κ3) is 7.53. The first-order valence-corrected chi connectivity index (χ1v) is 9.69. The lowest BCUT2D eigenvalue weighted by molar-refractivity contribution is 0.294. The minimum Gasteiger partial charge on any atom is -0.493 e. The lowest BCUT2D eigenvalue weighted by atomic mass is 10.2. The normalized spacial score (nSPS) is 10.9. The molecule has 0 spiro atoms. The summed E-state index contributed by atoms with van der Waals surface area (Å²) in [6.45, 7) is 6.21.